The summed E-state index contributed by atoms with van der Waals surface area (Å²) in [6, 6.07) is 16.9. The van der Waals surface area contributed by atoms with Crippen LogP contribution in [0.25, 0.3) is 22.3 Å². The van der Waals surface area contributed by atoms with Crippen LogP contribution < -0.4 is 22.5 Å². The van der Waals surface area contributed by atoms with E-state index < -0.39 is 38.6 Å². The van der Waals surface area contributed by atoms with E-state index in [0.29, 0.717) is 35.8 Å². The second kappa shape index (κ2) is 20.5. The first-order valence-corrected chi connectivity index (χ1v) is 27.2. The Bertz CT molecular complexity index is 2500. The summed E-state index contributed by atoms with van der Waals surface area (Å²) in [4.78, 5) is 62.9. The summed E-state index contributed by atoms with van der Waals surface area (Å²) < 4.78 is 15.1. The molecule has 2 aromatic carbocycles. The zero-order valence-corrected chi connectivity index (χ0v) is 38.1. The minimum atomic E-state index is -1.24. The first kappa shape index (κ1) is 46.2. The lowest BCUT2D eigenvalue weighted by Gasteiger charge is -2.15. The molecule has 0 aliphatic carbocycles. The Hall–Kier alpha value is -3.46. The standard InChI is InChI=1S/C18H22Cl2N4O3Si.C12H8Cl2N4O2.C6H15ClOSi/c1-28(2,3)9-8-27-11-24-15-14(16(25)22-18(24)26)23(17(20)21-15)10-12-4-6-13(19)7-5-12;13-7-3-1-6(2-4-7)5-18-8-9(15-11(18)14)16-12(20)17-10(8)19;1-9(2,3)5-4-8-6-7/h4-7H,8-11H2,1-3H3,(H,22,25,26);1-4H,5H2,(H2,16,17,19,20);4-6H2,1-3H3. The van der Waals surface area contributed by atoms with Crippen molar-refractivity contribution in [3.05, 3.63) is 122 Å². The van der Waals surface area contributed by atoms with Gasteiger partial charge in [-0.1, -0.05) is 98.4 Å². The number of nitrogens with one attached hydrogen (secondary N) is 3. The lowest BCUT2D eigenvalue weighted by Crippen LogP contribution is -2.32. The van der Waals surface area contributed by atoms with Crippen LogP contribution >= 0.6 is 58.0 Å². The fourth-order valence-corrected chi connectivity index (χ4v) is 7.44. The second-order valence-corrected chi connectivity index (χ2v) is 28.3. The molecular formula is C36H45Cl5N8O6Si2. The molecule has 308 valence electrons. The molecule has 0 saturated carbocycles. The van der Waals surface area contributed by atoms with Crippen molar-refractivity contribution < 1.29 is 9.47 Å². The van der Waals surface area contributed by atoms with Gasteiger partial charge < -0.3 is 18.6 Å². The highest BCUT2D eigenvalue weighted by molar-refractivity contribution is 6.76. The number of hydrogen-bond donors (Lipinski definition) is 3. The highest BCUT2D eigenvalue weighted by atomic mass is 35.5. The molecule has 6 aromatic rings. The largest absolute Gasteiger partial charge is 0.366 e. The Kier molecular flexibility index (Phi) is 16.6. The van der Waals surface area contributed by atoms with Crippen molar-refractivity contribution in [1.82, 2.24) is 38.6 Å². The molecular weight excluding hydrogens is 874 g/mol. The van der Waals surface area contributed by atoms with Gasteiger partial charge in [-0.05, 0) is 70.7 Å². The van der Waals surface area contributed by atoms with Crippen molar-refractivity contribution >= 4 is 96.5 Å². The van der Waals surface area contributed by atoms with Crippen molar-refractivity contribution in [1.29, 1.82) is 0 Å². The molecule has 0 saturated heterocycles. The fraction of sp³-hybridized carbons (Fsp3) is 0.389. The van der Waals surface area contributed by atoms with Crippen LogP contribution in [0.4, 0.5) is 0 Å². The summed E-state index contributed by atoms with van der Waals surface area (Å²) in [5.74, 6) is 0. The second-order valence-electron chi connectivity index (χ2n) is 15.3. The monoisotopic (exact) mass is 916 g/mol. The number of H-pyrrole nitrogens is 3. The SMILES string of the molecule is C[Si](C)(C)CCOCCl.C[Si](C)(C)CCOCn1c(=O)[nH]c(=O)c2c1nc(Cl)n2Cc1ccc(Cl)cc1.O=c1[nH]c(=O)c2c(nc(Cl)n2Cc2ccc(Cl)cc2)[nH]1. The van der Waals surface area contributed by atoms with E-state index in [0.717, 1.165) is 23.8 Å². The summed E-state index contributed by atoms with van der Waals surface area (Å²) in [5.41, 5.74) is 0.379. The summed E-state index contributed by atoms with van der Waals surface area (Å²) in [6.45, 7) is 15.8. The number of aromatic nitrogens is 8. The van der Waals surface area contributed by atoms with Gasteiger partial charge in [-0.2, -0.15) is 9.97 Å². The molecule has 0 aliphatic rings. The summed E-state index contributed by atoms with van der Waals surface area (Å²) >= 11 is 29.4. The quantitative estimate of drug-likeness (QED) is 0.0454. The number of fused-ring (bicyclic) bond motifs is 2. The summed E-state index contributed by atoms with van der Waals surface area (Å²) in [5, 5.41) is 1.49. The third kappa shape index (κ3) is 13.8. The molecule has 0 aliphatic heterocycles. The maximum Gasteiger partial charge on any atom is 0.332 e. The van der Waals surface area contributed by atoms with Crippen molar-refractivity contribution in [2.24, 2.45) is 0 Å². The average molecular weight is 919 g/mol. The molecule has 0 radical (unpaired) electrons. The Balaban J connectivity index is 0.000000215. The predicted octanol–water partition coefficient (Wildman–Crippen LogP) is 7.86. The Morgan fingerprint density at radius 1 is 0.614 bits per heavy atom. The number of rotatable bonds is 13. The highest BCUT2D eigenvalue weighted by Crippen LogP contribution is 2.20. The van der Waals surface area contributed by atoms with Crippen LogP contribution in [0.2, 0.25) is 72.0 Å². The van der Waals surface area contributed by atoms with Crippen LogP contribution in [0.15, 0.2) is 67.7 Å². The Morgan fingerprint density at radius 3 is 1.60 bits per heavy atom. The van der Waals surface area contributed by atoms with E-state index in [9.17, 15) is 19.2 Å². The van der Waals surface area contributed by atoms with Crippen LogP contribution in [-0.4, -0.2) is 74.0 Å². The molecule has 6 rings (SSSR count). The van der Waals surface area contributed by atoms with Gasteiger partial charge in [0.25, 0.3) is 11.1 Å². The molecule has 57 heavy (non-hydrogen) atoms. The molecule has 0 amide bonds. The molecule has 21 heteroatoms. The Labute approximate surface area is 355 Å². The first-order valence-electron chi connectivity index (χ1n) is 17.7. The molecule has 0 atom stereocenters. The van der Waals surface area contributed by atoms with Gasteiger partial charge in [0.1, 0.15) is 12.8 Å². The van der Waals surface area contributed by atoms with E-state index in [4.69, 9.17) is 67.5 Å². The van der Waals surface area contributed by atoms with Gasteiger partial charge >= 0.3 is 11.4 Å². The summed E-state index contributed by atoms with van der Waals surface area (Å²) in [7, 11) is -2.12. The number of aromatic amines is 3. The zero-order valence-electron chi connectivity index (χ0n) is 32.4. The topological polar surface area (TPSA) is 175 Å². The smallest absolute Gasteiger partial charge is 0.332 e. The van der Waals surface area contributed by atoms with E-state index in [2.05, 4.69) is 64.2 Å². The number of nitrogens with zero attached hydrogens (tertiary/aromatic N) is 5. The molecule has 4 aromatic heterocycles. The average Bonchev–Trinajstić information content (AvgIpc) is 3.60. The third-order valence-corrected chi connectivity index (χ3v) is 12.9. The van der Waals surface area contributed by atoms with Gasteiger partial charge in [-0.15, -0.1) is 0 Å². The molecule has 0 unspecified atom stereocenters. The van der Waals surface area contributed by atoms with Gasteiger partial charge in [0.05, 0.1) is 13.1 Å². The van der Waals surface area contributed by atoms with Crippen LogP contribution in [-0.2, 0) is 29.3 Å². The number of alkyl halides is 1. The predicted molar refractivity (Wildman–Crippen MR) is 236 cm³/mol. The molecule has 0 fully saturated rings. The van der Waals surface area contributed by atoms with E-state index in [1.165, 1.54) is 15.2 Å². The normalized spacial score (nSPS) is 11.7. The number of imidazole rings is 2. The van der Waals surface area contributed by atoms with Crippen LogP contribution in [0, 0.1) is 0 Å². The number of halogens is 5. The van der Waals surface area contributed by atoms with Crippen molar-refractivity contribution in [3.8, 4) is 0 Å². The number of ether oxygens (including phenoxy) is 2. The van der Waals surface area contributed by atoms with E-state index in [-0.39, 0.29) is 39.6 Å². The minimum Gasteiger partial charge on any atom is -0.366 e. The molecule has 3 N–H and O–H groups in total. The van der Waals surface area contributed by atoms with Gasteiger partial charge in [0, 0.05) is 39.4 Å². The summed E-state index contributed by atoms with van der Waals surface area (Å²) in [6.07, 6.45) is 0. The van der Waals surface area contributed by atoms with Gasteiger partial charge in [0.2, 0.25) is 10.6 Å². The highest BCUT2D eigenvalue weighted by Gasteiger charge is 2.19. The van der Waals surface area contributed by atoms with Crippen molar-refractivity contribution in [2.75, 3.05) is 19.3 Å². The van der Waals surface area contributed by atoms with E-state index in [1.54, 1.807) is 28.8 Å². The molecule has 0 bridgehead atoms. The van der Waals surface area contributed by atoms with Crippen LogP contribution in [0.1, 0.15) is 11.1 Å². The number of benzene rings is 2. The van der Waals surface area contributed by atoms with Gasteiger partial charge in [-0.25, -0.2) is 9.59 Å². The van der Waals surface area contributed by atoms with Gasteiger partial charge in [-0.3, -0.25) is 29.1 Å². The van der Waals surface area contributed by atoms with Crippen molar-refractivity contribution in [3.63, 3.8) is 0 Å². The lowest BCUT2D eigenvalue weighted by atomic mass is 10.2. The molecule has 0 spiro atoms. The van der Waals surface area contributed by atoms with Crippen molar-refractivity contribution in [2.45, 2.75) is 71.2 Å². The maximum atomic E-state index is 12.4. The van der Waals surface area contributed by atoms with Crippen LogP contribution in [0.3, 0.4) is 0 Å². The first-order chi connectivity index (χ1) is 26.8. The zero-order chi connectivity index (χ0) is 42.1. The maximum absolute atomic E-state index is 12.4. The lowest BCUT2D eigenvalue weighted by molar-refractivity contribution is 0.0865. The Morgan fingerprint density at radius 2 is 1.09 bits per heavy atom. The number of hydrogen-bond acceptors (Lipinski definition) is 8. The molecule has 14 nitrogen and oxygen atoms in total. The van der Waals surface area contributed by atoms with Gasteiger partial charge in [0.15, 0.2) is 22.3 Å². The third-order valence-electron chi connectivity index (χ3n) is 8.23. The molecule has 4 heterocycles. The van der Waals surface area contributed by atoms with E-state index >= 15 is 0 Å². The van der Waals surface area contributed by atoms with E-state index in [1.807, 2.05) is 24.3 Å². The minimum absolute atomic E-state index is 0.00484. The van der Waals surface area contributed by atoms with Crippen LogP contribution in [0.5, 0.6) is 0 Å². The fourth-order valence-electron chi connectivity index (χ4n) is 5.11.